The Balaban J connectivity index is 1.14. The van der Waals surface area contributed by atoms with Crippen molar-refractivity contribution in [2.24, 2.45) is 0 Å². The predicted octanol–water partition coefficient (Wildman–Crippen LogP) is 7.81. The Hall–Kier alpha value is -5.37. The first-order chi connectivity index (χ1) is 28.6. The van der Waals surface area contributed by atoms with Crippen molar-refractivity contribution in [2.75, 3.05) is 6.26 Å². The number of hydrogen-bond donors (Lipinski definition) is 2. The quantitative estimate of drug-likeness (QED) is 0.0948. The third-order valence-electron chi connectivity index (χ3n) is 11.2. The number of carbonyl (C=O) groups excluding carboxylic acids is 2. The summed E-state index contributed by atoms with van der Waals surface area (Å²) in [6.45, 7) is -0.181. The van der Waals surface area contributed by atoms with Gasteiger partial charge in [0.15, 0.2) is 5.82 Å². The van der Waals surface area contributed by atoms with Crippen molar-refractivity contribution < 1.29 is 22.8 Å². The smallest absolute Gasteiger partial charge is 0.255 e. The Bertz CT molecular complexity index is 2460. The van der Waals surface area contributed by atoms with E-state index in [0.29, 0.717) is 40.4 Å². The first-order valence-corrected chi connectivity index (χ1v) is 22.0. The van der Waals surface area contributed by atoms with Crippen molar-refractivity contribution in [3.63, 3.8) is 0 Å². The molecule has 2 N–H and O–H groups in total. The highest BCUT2D eigenvalue weighted by Gasteiger charge is 2.49. The number of nitrogens with one attached hydrogen (secondary N) is 2. The fourth-order valence-corrected chi connectivity index (χ4v) is 10.2. The molecule has 0 unspecified atom stereocenters. The molecule has 14 heteroatoms. The molecule has 1 aliphatic carbocycles. The van der Waals surface area contributed by atoms with Gasteiger partial charge in [0.05, 0.1) is 18.2 Å². The molecule has 0 saturated heterocycles. The van der Waals surface area contributed by atoms with E-state index in [9.17, 15) is 18.0 Å². The molecule has 302 valence electrons. The lowest BCUT2D eigenvalue weighted by Gasteiger charge is -2.49. The van der Waals surface area contributed by atoms with Crippen LogP contribution in [0, 0.1) is 0 Å². The zero-order chi connectivity index (χ0) is 41.1. The molecule has 5 aromatic carbocycles. The molecule has 2 heterocycles. The number of halogens is 2. The van der Waals surface area contributed by atoms with E-state index in [1.165, 1.54) is 0 Å². The van der Waals surface area contributed by atoms with Crippen LogP contribution in [0.2, 0.25) is 10.0 Å². The predicted molar refractivity (Wildman–Crippen MR) is 226 cm³/mol. The van der Waals surface area contributed by atoms with Gasteiger partial charge in [0.2, 0.25) is 10.0 Å². The first-order valence-electron chi connectivity index (χ1n) is 19.4. The van der Waals surface area contributed by atoms with E-state index in [1.807, 2.05) is 59.3 Å². The van der Waals surface area contributed by atoms with Gasteiger partial charge in [-0.3, -0.25) is 14.4 Å². The minimum atomic E-state index is -3.64. The molecule has 11 nitrogen and oxygen atoms in total. The fourth-order valence-electron chi connectivity index (χ4n) is 8.82. The summed E-state index contributed by atoms with van der Waals surface area (Å²) in [6, 6.07) is 40.0. The number of rotatable bonds is 12. The summed E-state index contributed by atoms with van der Waals surface area (Å²) >= 11 is 13.2. The van der Waals surface area contributed by atoms with Crippen LogP contribution < -0.4 is 10.2 Å². The van der Waals surface area contributed by atoms with Crippen molar-refractivity contribution in [1.29, 1.82) is 0 Å². The average molecular weight is 850 g/mol. The van der Waals surface area contributed by atoms with Crippen molar-refractivity contribution >= 4 is 45.0 Å². The summed E-state index contributed by atoms with van der Waals surface area (Å²) in [7, 11) is -3.64. The Morgan fingerprint density at radius 2 is 1.41 bits per heavy atom. The molecule has 2 aliphatic rings. The van der Waals surface area contributed by atoms with Crippen LogP contribution in [-0.4, -0.2) is 58.2 Å². The molecule has 59 heavy (non-hydrogen) atoms. The SMILES string of the molecule is CS(=O)(=O)N[C@H]1CCCC[C@@H]1N1C(=O)c2ccccc2[C@@H](C(=O)NOCc2ncn(C(c3ccccc3)(c3ccccc3)c3ccccc3)n2)[C@@H]1c1ccc(Cl)cc1Cl. The minimum absolute atomic E-state index is 0.181. The lowest BCUT2D eigenvalue weighted by atomic mass is 9.76. The minimum Gasteiger partial charge on any atom is -0.326 e. The van der Waals surface area contributed by atoms with Gasteiger partial charge in [-0.1, -0.05) is 151 Å². The standard InChI is InChI=1S/C45H42Cl2N6O5S/c1-59(56,57)51-38-23-13-14-24-39(38)53-42(36-26-25-33(46)27-37(36)47)41(34-21-11-12-22-35(34)44(53)55)43(54)50-58-28-40-48-29-52(49-40)45(30-15-5-2-6-16-30,31-17-7-3-8-18-31)32-19-9-4-10-20-32/h2-12,15-22,25-27,29,38-39,41-42,51H,13-14,23-24,28H2,1H3,(H,50,54)/t38-,39-,41+,42-/m0/s1. The van der Waals surface area contributed by atoms with E-state index < -0.39 is 45.5 Å². The van der Waals surface area contributed by atoms with Crippen LogP contribution >= 0.6 is 23.2 Å². The summed E-state index contributed by atoms with van der Waals surface area (Å²) in [5.74, 6) is -1.58. The molecule has 8 rings (SSSR count). The van der Waals surface area contributed by atoms with E-state index >= 15 is 0 Å². The largest absolute Gasteiger partial charge is 0.326 e. The summed E-state index contributed by atoms with van der Waals surface area (Å²) in [6.07, 6.45) is 5.34. The first kappa shape index (κ1) is 40.4. The number of aromatic nitrogens is 3. The normalized spacial score (nSPS) is 19.6. The van der Waals surface area contributed by atoms with Crippen molar-refractivity contribution in [3.8, 4) is 0 Å². The van der Waals surface area contributed by atoms with Crippen LogP contribution in [0.5, 0.6) is 0 Å². The zero-order valence-corrected chi connectivity index (χ0v) is 34.4. The topological polar surface area (TPSA) is 136 Å². The Morgan fingerprint density at radius 3 is 2.02 bits per heavy atom. The van der Waals surface area contributed by atoms with Gasteiger partial charge in [-0.2, -0.15) is 5.10 Å². The van der Waals surface area contributed by atoms with E-state index in [4.69, 9.17) is 33.1 Å². The Morgan fingerprint density at radius 1 is 0.814 bits per heavy atom. The van der Waals surface area contributed by atoms with Gasteiger partial charge in [0.1, 0.15) is 18.5 Å². The summed E-state index contributed by atoms with van der Waals surface area (Å²) in [5.41, 5.74) is 5.97. The molecule has 0 spiro atoms. The maximum atomic E-state index is 14.7. The average Bonchev–Trinajstić information content (AvgIpc) is 3.71. The zero-order valence-electron chi connectivity index (χ0n) is 32.1. The lowest BCUT2D eigenvalue weighted by Crippen LogP contribution is -2.59. The van der Waals surface area contributed by atoms with E-state index in [-0.39, 0.29) is 17.5 Å². The highest BCUT2D eigenvalue weighted by Crippen LogP contribution is 2.48. The van der Waals surface area contributed by atoms with E-state index in [1.54, 1.807) is 53.7 Å². The third-order valence-corrected chi connectivity index (χ3v) is 12.5. The number of benzene rings is 5. The second kappa shape index (κ2) is 17.1. The van der Waals surface area contributed by atoms with Gasteiger partial charge in [-0.15, -0.1) is 0 Å². The van der Waals surface area contributed by atoms with Crippen LogP contribution in [0.15, 0.2) is 140 Å². The van der Waals surface area contributed by atoms with Crippen LogP contribution in [0.4, 0.5) is 0 Å². The lowest BCUT2D eigenvalue weighted by molar-refractivity contribution is -0.138. The molecule has 1 saturated carbocycles. The molecule has 6 aromatic rings. The molecule has 1 aromatic heterocycles. The van der Waals surface area contributed by atoms with Gasteiger partial charge >= 0.3 is 0 Å². The highest BCUT2D eigenvalue weighted by molar-refractivity contribution is 7.88. The molecule has 0 radical (unpaired) electrons. The molecular formula is C45H42Cl2N6O5S. The molecule has 1 fully saturated rings. The maximum Gasteiger partial charge on any atom is 0.255 e. The second-order valence-electron chi connectivity index (χ2n) is 14.9. The van der Waals surface area contributed by atoms with Crippen LogP contribution in [-0.2, 0) is 31.8 Å². The van der Waals surface area contributed by atoms with Gasteiger partial charge in [-0.05, 0) is 58.9 Å². The van der Waals surface area contributed by atoms with Gasteiger partial charge in [0.25, 0.3) is 11.8 Å². The molecule has 2 amide bonds. The fraction of sp³-hybridized carbons (Fsp3) is 0.244. The number of amides is 2. The number of sulfonamides is 1. The summed E-state index contributed by atoms with van der Waals surface area (Å²) in [4.78, 5) is 41.5. The van der Waals surface area contributed by atoms with Crippen LogP contribution in [0.25, 0.3) is 0 Å². The monoisotopic (exact) mass is 848 g/mol. The maximum absolute atomic E-state index is 14.7. The molecule has 4 atom stereocenters. The number of hydrogen-bond acceptors (Lipinski definition) is 7. The number of nitrogens with zero attached hydrogens (tertiary/aromatic N) is 4. The van der Waals surface area contributed by atoms with Crippen molar-refractivity contribution in [3.05, 3.63) is 189 Å². The summed E-state index contributed by atoms with van der Waals surface area (Å²) < 4.78 is 29.8. The Kier molecular flexibility index (Phi) is 11.7. The van der Waals surface area contributed by atoms with Crippen LogP contribution in [0.1, 0.15) is 81.6 Å². The third kappa shape index (κ3) is 8.03. The molecular weight excluding hydrogens is 808 g/mol. The van der Waals surface area contributed by atoms with E-state index in [0.717, 1.165) is 35.8 Å². The van der Waals surface area contributed by atoms with Crippen molar-refractivity contribution in [2.45, 2.75) is 61.9 Å². The number of fused-ring (bicyclic) bond motifs is 1. The second-order valence-corrected chi connectivity index (χ2v) is 17.5. The van der Waals surface area contributed by atoms with Crippen LogP contribution in [0.3, 0.4) is 0 Å². The number of carbonyl (C=O) groups is 2. The van der Waals surface area contributed by atoms with Gasteiger partial charge in [0, 0.05) is 27.7 Å². The number of hydroxylamine groups is 1. The molecule has 0 bridgehead atoms. The van der Waals surface area contributed by atoms with Crippen molar-refractivity contribution in [1.82, 2.24) is 29.9 Å². The highest BCUT2D eigenvalue weighted by atomic mass is 35.5. The van der Waals surface area contributed by atoms with Gasteiger partial charge < -0.3 is 4.90 Å². The van der Waals surface area contributed by atoms with Gasteiger partial charge in [-0.25, -0.2) is 28.3 Å². The molecule has 1 aliphatic heterocycles. The van der Waals surface area contributed by atoms with E-state index in [2.05, 4.69) is 51.6 Å². The Labute approximate surface area is 353 Å². The summed E-state index contributed by atoms with van der Waals surface area (Å²) in [5, 5.41) is 5.59.